The summed E-state index contributed by atoms with van der Waals surface area (Å²) in [7, 11) is 2.03. The number of likely N-dealkylation sites (N-methyl/N-ethyl adjacent to an activating group) is 1. The third-order valence-corrected chi connectivity index (χ3v) is 5.96. The Morgan fingerprint density at radius 2 is 1.90 bits per heavy atom. The average molecular weight is 429 g/mol. The van der Waals surface area contributed by atoms with Crippen LogP contribution in [0.2, 0.25) is 5.02 Å². The van der Waals surface area contributed by atoms with Gasteiger partial charge in [0.2, 0.25) is 0 Å². The van der Waals surface area contributed by atoms with Crippen molar-refractivity contribution >= 4 is 23.3 Å². The number of anilines is 1. The normalized spacial score (nSPS) is 22.9. The standard InChI is InChI=1S/C19H21ClF3N5O/c1-26-7-9-27(10-8-26)18(29)16-15(20)17-24-13(12-5-3-2-4-6-12)11-14(19(21,22)23)28(17)25-16/h2-6,13-14,24H,7-11H2,1H3/p+1/t13-,14+/m1/s1. The summed E-state index contributed by atoms with van der Waals surface area (Å²) in [5, 5.41) is 7.03. The molecule has 2 N–H and O–H groups in total. The summed E-state index contributed by atoms with van der Waals surface area (Å²) < 4.78 is 42.3. The topological polar surface area (TPSA) is 54.6 Å². The zero-order valence-corrected chi connectivity index (χ0v) is 16.6. The number of hydrogen-bond donors (Lipinski definition) is 2. The lowest BCUT2D eigenvalue weighted by atomic mass is 9.97. The zero-order chi connectivity index (χ0) is 20.8. The van der Waals surface area contributed by atoms with E-state index in [1.165, 1.54) is 4.90 Å². The van der Waals surface area contributed by atoms with Gasteiger partial charge in [0.1, 0.15) is 10.8 Å². The van der Waals surface area contributed by atoms with Crippen molar-refractivity contribution in [2.45, 2.75) is 24.7 Å². The molecule has 2 aliphatic rings. The number of hydrogen-bond acceptors (Lipinski definition) is 3. The highest BCUT2D eigenvalue weighted by Gasteiger charge is 2.48. The molecule has 0 aliphatic carbocycles. The summed E-state index contributed by atoms with van der Waals surface area (Å²) in [6.45, 7) is 2.59. The minimum Gasteiger partial charge on any atom is -0.362 e. The maximum absolute atomic E-state index is 13.8. The zero-order valence-electron chi connectivity index (χ0n) is 15.8. The molecule has 0 bridgehead atoms. The number of amides is 1. The Hall–Kier alpha value is -2.26. The quantitative estimate of drug-likeness (QED) is 0.771. The van der Waals surface area contributed by atoms with E-state index in [2.05, 4.69) is 10.4 Å². The molecule has 156 valence electrons. The highest BCUT2D eigenvalue weighted by molar-refractivity contribution is 6.36. The fourth-order valence-electron chi connectivity index (χ4n) is 3.87. The minimum absolute atomic E-state index is 0.0391. The molecule has 1 fully saturated rings. The summed E-state index contributed by atoms with van der Waals surface area (Å²) >= 11 is 6.39. The molecule has 4 rings (SSSR count). The monoisotopic (exact) mass is 428 g/mol. The van der Waals surface area contributed by atoms with E-state index in [1.807, 2.05) is 7.05 Å². The Labute approximate surface area is 171 Å². The molecule has 1 aromatic heterocycles. The summed E-state index contributed by atoms with van der Waals surface area (Å²) in [6.07, 6.45) is -4.75. The van der Waals surface area contributed by atoms with Crippen molar-refractivity contribution in [3.05, 3.63) is 46.6 Å². The number of quaternary nitrogens is 1. The lowest BCUT2D eigenvalue weighted by Crippen LogP contribution is -3.12. The van der Waals surface area contributed by atoms with E-state index >= 15 is 0 Å². The van der Waals surface area contributed by atoms with Crippen LogP contribution >= 0.6 is 11.6 Å². The molecule has 3 heterocycles. The fourth-order valence-corrected chi connectivity index (χ4v) is 4.13. The van der Waals surface area contributed by atoms with E-state index in [4.69, 9.17) is 11.6 Å². The van der Waals surface area contributed by atoms with Crippen LogP contribution in [0.3, 0.4) is 0 Å². The second-order valence-electron chi connectivity index (χ2n) is 7.61. The van der Waals surface area contributed by atoms with Crippen LogP contribution in [0, 0.1) is 0 Å². The van der Waals surface area contributed by atoms with Crippen molar-refractivity contribution in [2.24, 2.45) is 0 Å². The molecular formula is C19H22ClF3N5O+. The van der Waals surface area contributed by atoms with E-state index in [-0.39, 0.29) is 23.0 Å². The van der Waals surface area contributed by atoms with E-state index in [1.54, 1.807) is 35.2 Å². The minimum atomic E-state index is -4.52. The molecule has 0 spiro atoms. The maximum Gasteiger partial charge on any atom is 0.410 e. The Balaban J connectivity index is 1.69. The number of aromatic nitrogens is 2. The van der Waals surface area contributed by atoms with Crippen LogP contribution in [0.5, 0.6) is 0 Å². The van der Waals surface area contributed by atoms with Crippen molar-refractivity contribution in [3.63, 3.8) is 0 Å². The third-order valence-electron chi connectivity index (χ3n) is 5.60. The molecule has 2 aromatic rings. The van der Waals surface area contributed by atoms with Gasteiger partial charge in [-0.25, -0.2) is 4.68 Å². The summed E-state index contributed by atoms with van der Waals surface area (Å²) in [5.41, 5.74) is 0.594. The van der Waals surface area contributed by atoms with Crippen LogP contribution in [-0.4, -0.2) is 60.0 Å². The summed E-state index contributed by atoms with van der Waals surface area (Å²) in [6, 6.07) is 6.45. The van der Waals surface area contributed by atoms with Crippen molar-refractivity contribution in [1.82, 2.24) is 14.7 Å². The molecule has 2 aliphatic heterocycles. The summed E-state index contributed by atoms with van der Waals surface area (Å²) in [4.78, 5) is 15.8. The predicted octanol–water partition coefficient (Wildman–Crippen LogP) is 2.17. The largest absolute Gasteiger partial charge is 0.410 e. The SMILES string of the molecule is C[NH+]1CCN(C(=O)c2nn3c(c2Cl)N[C@@H](c2ccccc2)C[C@H]3C(F)(F)F)CC1. The number of alkyl halides is 3. The number of nitrogens with one attached hydrogen (secondary N) is 2. The van der Waals surface area contributed by atoms with Gasteiger partial charge in [0, 0.05) is 6.42 Å². The molecule has 1 saturated heterocycles. The second kappa shape index (κ2) is 7.53. The highest BCUT2D eigenvalue weighted by Crippen LogP contribution is 2.46. The van der Waals surface area contributed by atoms with Gasteiger partial charge in [0.05, 0.1) is 39.3 Å². The lowest BCUT2D eigenvalue weighted by Gasteiger charge is -2.33. The van der Waals surface area contributed by atoms with Gasteiger partial charge in [-0.15, -0.1) is 0 Å². The fraction of sp³-hybridized carbons (Fsp3) is 0.474. The Kier molecular flexibility index (Phi) is 5.20. The number of carbonyl (C=O) groups is 1. The van der Waals surface area contributed by atoms with Crippen LogP contribution in [0.4, 0.5) is 19.0 Å². The van der Waals surface area contributed by atoms with Crippen molar-refractivity contribution in [1.29, 1.82) is 0 Å². The van der Waals surface area contributed by atoms with Crippen LogP contribution < -0.4 is 10.2 Å². The molecule has 29 heavy (non-hydrogen) atoms. The van der Waals surface area contributed by atoms with E-state index in [0.717, 1.165) is 23.3 Å². The molecule has 10 heteroatoms. The van der Waals surface area contributed by atoms with Gasteiger partial charge in [-0.3, -0.25) is 4.79 Å². The van der Waals surface area contributed by atoms with Gasteiger partial charge in [0.15, 0.2) is 11.7 Å². The smallest absolute Gasteiger partial charge is 0.362 e. The van der Waals surface area contributed by atoms with Gasteiger partial charge >= 0.3 is 6.18 Å². The molecule has 1 aromatic carbocycles. The molecule has 0 unspecified atom stereocenters. The highest BCUT2D eigenvalue weighted by atomic mass is 35.5. The molecule has 1 amide bonds. The Bertz CT molecular complexity index is 893. The van der Waals surface area contributed by atoms with Crippen LogP contribution in [0.25, 0.3) is 0 Å². The van der Waals surface area contributed by atoms with Gasteiger partial charge in [-0.05, 0) is 5.56 Å². The van der Waals surface area contributed by atoms with Gasteiger partial charge in [-0.1, -0.05) is 41.9 Å². The molecule has 6 nitrogen and oxygen atoms in total. The van der Waals surface area contributed by atoms with E-state index in [9.17, 15) is 18.0 Å². The van der Waals surface area contributed by atoms with Crippen LogP contribution in [0.1, 0.15) is 34.6 Å². The lowest BCUT2D eigenvalue weighted by molar-refractivity contribution is -0.883. The van der Waals surface area contributed by atoms with Crippen molar-refractivity contribution < 1.29 is 22.9 Å². The first-order valence-electron chi connectivity index (χ1n) is 9.52. The third kappa shape index (κ3) is 3.81. The van der Waals surface area contributed by atoms with Crippen molar-refractivity contribution in [3.8, 4) is 0 Å². The number of piperazine rings is 1. The number of fused-ring (bicyclic) bond motifs is 1. The van der Waals surface area contributed by atoms with Crippen LogP contribution in [0.15, 0.2) is 30.3 Å². The Morgan fingerprint density at radius 1 is 1.24 bits per heavy atom. The van der Waals surface area contributed by atoms with Crippen molar-refractivity contribution in [2.75, 3.05) is 38.5 Å². The van der Waals surface area contributed by atoms with Gasteiger partial charge in [0.25, 0.3) is 5.91 Å². The first-order valence-corrected chi connectivity index (χ1v) is 9.90. The average Bonchev–Trinajstić information content (AvgIpc) is 3.04. The molecule has 0 radical (unpaired) electrons. The maximum atomic E-state index is 13.8. The van der Waals surface area contributed by atoms with Gasteiger partial charge in [-0.2, -0.15) is 18.3 Å². The number of carbonyl (C=O) groups excluding carboxylic acids is 1. The number of nitrogens with zero attached hydrogens (tertiary/aromatic N) is 3. The Morgan fingerprint density at radius 3 is 2.52 bits per heavy atom. The number of benzene rings is 1. The molecule has 2 atom stereocenters. The summed E-state index contributed by atoms with van der Waals surface area (Å²) in [5.74, 6) is -0.388. The molecule has 0 saturated carbocycles. The van der Waals surface area contributed by atoms with E-state index < -0.39 is 24.2 Å². The first-order chi connectivity index (χ1) is 13.8. The van der Waals surface area contributed by atoms with E-state index in [0.29, 0.717) is 13.1 Å². The molecular weight excluding hydrogens is 407 g/mol. The van der Waals surface area contributed by atoms with Crippen LogP contribution in [-0.2, 0) is 0 Å². The number of rotatable bonds is 2. The first kappa shape index (κ1) is 20.0. The van der Waals surface area contributed by atoms with Gasteiger partial charge < -0.3 is 15.1 Å². The predicted molar refractivity (Wildman–Crippen MR) is 102 cm³/mol. The second-order valence-corrected chi connectivity index (χ2v) is 7.98. The number of halogens is 4.